The van der Waals surface area contributed by atoms with Crippen molar-refractivity contribution in [3.05, 3.63) is 42.4 Å². The summed E-state index contributed by atoms with van der Waals surface area (Å²) in [7, 11) is 0. The van der Waals surface area contributed by atoms with Crippen LogP contribution in [-0.2, 0) is 6.61 Å². The molecule has 0 amide bonds. The molecule has 10 heteroatoms. The Morgan fingerprint density at radius 2 is 2.14 bits per heavy atom. The van der Waals surface area contributed by atoms with Crippen LogP contribution in [0.3, 0.4) is 0 Å². The van der Waals surface area contributed by atoms with Crippen molar-refractivity contribution in [3.8, 4) is 11.8 Å². The van der Waals surface area contributed by atoms with Gasteiger partial charge in [-0.15, -0.1) is 0 Å². The number of ether oxygens (including phenoxy) is 1. The zero-order valence-electron chi connectivity index (χ0n) is 15.3. The van der Waals surface area contributed by atoms with Crippen LogP contribution < -0.4 is 10.1 Å². The standard InChI is InChI=1S/C18H20F2N6O2/c1-12-4-8-26(25-12)17-23-14(22-13-2-5-18(19,20)6-3-13)10-15(24-17)28-11-16-21-7-9-27-16/h4,7-10,13H,2-3,5-6,11H2,1H3,(H,22,23,24). The van der Waals surface area contributed by atoms with Crippen LogP contribution in [0.4, 0.5) is 14.6 Å². The maximum Gasteiger partial charge on any atom is 0.255 e. The highest BCUT2D eigenvalue weighted by atomic mass is 19.3. The molecule has 0 saturated heterocycles. The summed E-state index contributed by atoms with van der Waals surface area (Å²) < 4.78 is 39.2. The van der Waals surface area contributed by atoms with Gasteiger partial charge >= 0.3 is 0 Å². The Morgan fingerprint density at radius 3 is 2.82 bits per heavy atom. The molecule has 3 heterocycles. The molecule has 1 aliphatic rings. The number of hydrogen-bond donors (Lipinski definition) is 1. The Kier molecular flexibility index (Phi) is 4.93. The molecule has 3 aromatic rings. The van der Waals surface area contributed by atoms with Crippen LogP contribution in [0.25, 0.3) is 5.95 Å². The topological polar surface area (TPSA) is 90.9 Å². The summed E-state index contributed by atoms with van der Waals surface area (Å²) in [6.07, 6.45) is 5.22. The van der Waals surface area contributed by atoms with Gasteiger partial charge in [0, 0.05) is 31.1 Å². The predicted molar refractivity (Wildman–Crippen MR) is 95.6 cm³/mol. The molecule has 8 nitrogen and oxygen atoms in total. The number of halogens is 2. The third-order valence-corrected chi connectivity index (χ3v) is 4.51. The van der Waals surface area contributed by atoms with Crippen LogP contribution >= 0.6 is 0 Å². The van der Waals surface area contributed by atoms with E-state index in [2.05, 4.69) is 25.4 Å². The average molecular weight is 390 g/mol. The number of oxazole rings is 1. The van der Waals surface area contributed by atoms with Gasteiger partial charge in [-0.05, 0) is 25.8 Å². The second-order valence-electron chi connectivity index (χ2n) is 6.78. The molecule has 0 atom stereocenters. The zero-order valence-corrected chi connectivity index (χ0v) is 15.3. The molecule has 1 aliphatic carbocycles. The molecule has 0 aliphatic heterocycles. The molecule has 148 valence electrons. The van der Waals surface area contributed by atoms with Crippen LogP contribution in [-0.4, -0.2) is 36.7 Å². The van der Waals surface area contributed by atoms with E-state index < -0.39 is 5.92 Å². The highest BCUT2D eigenvalue weighted by Crippen LogP contribution is 2.34. The van der Waals surface area contributed by atoms with Gasteiger partial charge in [-0.25, -0.2) is 18.4 Å². The van der Waals surface area contributed by atoms with Crippen molar-refractivity contribution < 1.29 is 17.9 Å². The van der Waals surface area contributed by atoms with Crippen LogP contribution in [0.15, 0.2) is 35.2 Å². The van der Waals surface area contributed by atoms with E-state index in [0.717, 1.165) is 5.69 Å². The zero-order chi connectivity index (χ0) is 19.6. The number of hydrogen-bond acceptors (Lipinski definition) is 7. The second kappa shape index (κ2) is 7.53. The molecule has 4 rings (SSSR count). The molecule has 0 spiro atoms. The fourth-order valence-corrected chi connectivity index (χ4v) is 3.04. The van der Waals surface area contributed by atoms with Gasteiger partial charge in [0.05, 0.1) is 11.9 Å². The Labute approximate surface area is 160 Å². The summed E-state index contributed by atoms with van der Waals surface area (Å²) in [6.45, 7) is 1.97. The number of nitrogens with one attached hydrogen (secondary N) is 1. The lowest BCUT2D eigenvalue weighted by Crippen LogP contribution is -2.32. The van der Waals surface area contributed by atoms with Gasteiger partial charge in [0.15, 0.2) is 6.61 Å². The predicted octanol–water partition coefficient (Wildman–Crippen LogP) is 3.53. The van der Waals surface area contributed by atoms with Crippen molar-refractivity contribution in [2.45, 2.75) is 51.2 Å². The second-order valence-corrected chi connectivity index (χ2v) is 6.78. The molecular weight excluding hydrogens is 370 g/mol. The lowest BCUT2D eigenvalue weighted by Gasteiger charge is -2.29. The van der Waals surface area contributed by atoms with Gasteiger partial charge in [0.1, 0.15) is 12.1 Å². The average Bonchev–Trinajstić information content (AvgIpc) is 3.33. The summed E-state index contributed by atoms with van der Waals surface area (Å²) in [4.78, 5) is 12.8. The Bertz CT molecular complexity index is 918. The van der Waals surface area contributed by atoms with E-state index in [1.54, 1.807) is 12.3 Å². The monoisotopic (exact) mass is 390 g/mol. The summed E-state index contributed by atoms with van der Waals surface area (Å²) in [5.74, 6) is -1.04. The maximum atomic E-state index is 13.4. The largest absolute Gasteiger partial charge is 0.467 e. The van der Waals surface area contributed by atoms with Gasteiger partial charge < -0.3 is 14.5 Å². The Morgan fingerprint density at radius 1 is 1.32 bits per heavy atom. The first-order chi connectivity index (χ1) is 13.5. The van der Waals surface area contributed by atoms with Crippen LogP contribution in [0.5, 0.6) is 5.88 Å². The van der Waals surface area contributed by atoms with E-state index in [9.17, 15) is 8.78 Å². The fourth-order valence-electron chi connectivity index (χ4n) is 3.04. The van der Waals surface area contributed by atoms with Crippen molar-refractivity contribution in [3.63, 3.8) is 0 Å². The molecule has 1 fully saturated rings. The van der Waals surface area contributed by atoms with Crippen molar-refractivity contribution in [1.82, 2.24) is 24.7 Å². The lowest BCUT2D eigenvalue weighted by atomic mass is 9.92. The summed E-state index contributed by atoms with van der Waals surface area (Å²) in [5, 5.41) is 7.54. The van der Waals surface area contributed by atoms with Crippen molar-refractivity contribution >= 4 is 5.82 Å². The van der Waals surface area contributed by atoms with E-state index in [1.165, 1.54) is 17.1 Å². The van der Waals surface area contributed by atoms with E-state index in [4.69, 9.17) is 9.15 Å². The molecular formula is C18H20F2N6O2. The number of nitrogens with zero attached hydrogens (tertiary/aromatic N) is 5. The summed E-state index contributed by atoms with van der Waals surface area (Å²) in [5.41, 5.74) is 0.818. The number of aromatic nitrogens is 5. The summed E-state index contributed by atoms with van der Waals surface area (Å²) >= 11 is 0. The Balaban J connectivity index is 1.54. The first kappa shape index (κ1) is 18.3. The Hall–Kier alpha value is -3.04. The first-order valence-electron chi connectivity index (χ1n) is 9.04. The summed E-state index contributed by atoms with van der Waals surface area (Å²) in [6, 6.07) is 3.39. The highest BCUT2D eigenvalue weighted by Gasteiger charge is 2.35. The minimum Gasteiger partial charge on any atom is -0.467 e. The third-order valence-electron chi connectivity index (χ3n) is 4.51. The molecule has 0 aromatic carbocycles. The van der Waals surface area contributed by atoms with Gasteiger partial charge in [-0.2, -0.15) is 15.1 Å². The van der Waals surface area contributed by atoms with Gasteiger partial charge in [-0.3, -0.25) is 0 Å². The quantitative estimate of drug-likeness (QED) is 0.688. The number of aryl methyl sites for hydroxylation is 1. The molecule has 0 bridgehead atoms. The normalized spacial score (nSPS) is 16.8. The molecule has 3 aromatic heterocycles. The number of anilines is 1. The van der Waals surface area contributed by atoms with Crippen molar-refractivity contribution in [2.24, 2.45) is 0 Å². The third kappa shape index (κ3) is 4.44. The minimum absolute atomic E-state index is 0.0821. The SMILES string of the molecule is Cc1ccn(-c2nc(NC3CCC(F)(F)CC3)cc(OCc3ncco3)n2)n1. The molecule has 0 unspecified atom stereocenters. The van der Waals surface area contributed by atoms with Crippen LogP contribution in [0, 0.1) is 6.92 Å². The van der Waals surface area contributed by atoms with Crippen LogP contribution in [0.1, 0.15) is 37.3 Å². The smallest absolute Gasteiger partial charge is 0.255 e. The number of rotatable bonds is 6. The van der Waals surface area contributed by atoms with Gasteiger partial charge in [0.25, 0.3) is 5.95 Å². The van der Waals surface area contributed by atoms with E-state index >= 15 is 0 Å². The van der Waals surface area contributed by atoms with E-state index in [0.29, 0.717) is 36.4 Å². The first-order valence-corrected chi connectivity index (χ1v) is 9.04. The minimum atomic E-state index is -2.58. The molecule has 1 N–H and O–H groups in total. The maximum absolute atomic E-state index is 13.4. The van der Waals surface area contributed by atoms with Crippen molar-refractivity contribution in [1.29, 1.82) is 0 Å². The fraction of sp³-hybridized carbons (Fsp3) is 0.444. The lowest BCUT2D eigenvalue weighted by molar-refractivity contribution is -0.0361. The van der Waals surface area contributed by atoms with Crippen molar-refractivity contribution in [2.75, 3.05) is 5.32 Å². The van der Waals surface area contributed by atoms with E-state index in [-0.39, 0.29) is 25.5 Å². The van der Waals surface area contributed by atoms with E-state index in [1.807, 2.05) is 13.0 Å². The number of alkyl halides is 2. The highest BCUT2D eigenvalue weighted by molar-refractivity contribution is 5.42. The molecule has 1 saturated carbocycles. The molecule has 0 radical (unpaired) electrons. The van der Waals surface area contributed by atoms with Gasteiger partial charge in [0.2, 0.25) is 17.7 Å². The van der Waals surface area contributed by atoms with Crippen LogP contribution in [0.2, 0.25) is 0 Å². The van der Waals surface area contributed by atoms with Gasteiger partial charge in [-0.1, -0.05) is 0 Å². The molecule has 28 heavy (non-hydrogen) atoms.